The number of unbranched alkanes of at least 4 members (excludes halogenated alkanes) is 9. The van der Waals surface area contributed by atoms with Crippen molar-refractivity contribution in [1.29, 1.82) is 0 Å². The monoisotopic (exact) mass is 444 g/mol. The van der Waals surface area contributed by atoms with E-state index in [1.54, 1.807) is 0 Å². The number of amides is 4. The van der Waals surface area contributed by atoms with Crippen LogP contribution >= 0.6 is 0 Å². The predicted molar refractivity (Wildman–Crippen MR) is 126 cm³/mol. The molecule has 2 aliphatic heterocycles. The van der Waals surface area contributed by atoms with E-state index >= 15 is 0 Å². The maximum absolute atomic E-state index is 11.3. The highest BCUT2D eigenvalue weighted by atomic mass is 16.2. The molecule has 178 valence electrons. The first-order valence-electron chi connectivity index (χ1n) is 12.6. The van der Waals surface area contributed by atoms with Gasteiger partial charge in [-0.2, -0.15) is 0 Å². The molecule has 0 atom stereocenters. The Balaban J connectivity index is 0.000000242. The van der Waals surface area contributed by atoms with E-state index in [1.807, 2.05) is 0 Å². The van der Waals surface area contributed by atoms with E-state index in [0.29, 0.717) is 18.0 Å². The first-order chi connectivity index (χ1) is 15.5. The largest absolute Gasteiger partial charge is 0.289 e. The zero-order valence-corrected chi connectivity index (χ0v) is 19.7. The Bertz CT molecular complexity index is 687. The maximum atomic E-state index is 11.3. The van der Waals surface area contributed by atoms with Crippen LogP contribution in [0, 0.1) is 5.92 Å². The van der Waals surface area contributed by atoms with Crippen molar-refractivity contribution in [2.45, 2.75) is 103 Å². The second-order valence-corrected chi connectivity index (χ2v) is 9.10. The molecule has 1 saturated carbocycles. The van der Waals surface area contributed by atoms with Gasteiger partial charge in [-0.3, -0.25) is 29.4 Å². The van der Waals surface area contributed by atoms with E-state index in [-0.39, 0.29) is 23.6 Å². The Morgan fingerprint density at radius 1 is 0.781 bits per heavy atom. The third-order valence-corrected chi connectivity index (χ3v) is 6.47. The predicted octanol–water partition coefficient (Wildman–Crippen LogP) is 4.98. The van der Waals surface area contributed by atoms with Crippen molar-refractivity contribution >= 4 is 23.6 Å². The van der Waals surface area contributed by atoms with Crippen LogP contribution in [-0.2, 0) is 19.2 Å². The summed E-state index contributed by atoms with van der Waals surface area (Å²) in [4.78, 5) is 46.1. The molecule has 4 amide bonds. The molecule has 1 aliphatic carbocycles. The molecule has 3 aliphatic rings. The summed E-state index contributed by atoms with van der Waals surface area (Å²) in [7, 11) is 0. The lowest BCUT2D eigenvalue weighted by molar-refractivity contribution is -0.137. The fourth-order valence-electron chi connectivity index (χ4n) is 4.55. The van der Waals surface area contributed by atoms with Crippen LogP contribution in [0.3, 0.4) is 0 Å². The molecule has 0 saturated heterocycles. The van der Waals surface area contributed by atoms with Gasteiger partial charge in [-0.15, -0.1) is 0 Å². The summed E-state index contributed by atoms with van der Waals surface area (Å²) in [5, 5.41) is 2.29. The minimum atomic E-state index is -0.245. The molecule has 6 heteroatoms. The summed E-state index contributed by atoms with van der Waals surface area (Å²) in [6.07, 6.45) is 22.6. The average Bonchev–Trinajstić information content (AvgIpc) is 3.30. The lowest BCUT2D eigenvalue weighted by atomic mass is 9.84. The summed E-state index contributed by atoms with van der Waals surface area (Å²) in [5.41, 5.74) is 0.713. The van der Waals surface area contributed by atoms with Crippen molar-refractivity contribution in [3.05, 3.63) is 23.8 Å². The van der Waals surface area contributed by atoms with Gasteiger partial charge in [0.1, 0.15) is 0 Å². The minimum Gasteiger partial charge on any atom is -0.289 e. The fourth-order valence-corrected chi connectivity index (χ4v) is 4.55. The molecule has 32 heavy (non-hydrogen) atoms. The van der Waals surface area contributed by atoms with Gasteiger partial charge in [0.25, 0.3) is 23.6 Å². The number of nitrogens with one attached hydrogen (secondary N) is 1. The third kappa shape index (κ3) is 9.09. The van der Waals surface area contributed by atoms with E-state index < -0.39 is 0 Å². The van der Waals surface area contributed by atoms with Gasteiger partial charge in [-0.25, -0.2) is 0 Å². The lowest BCUT2D eigenvalue weighted by Crippen LogP contribution is -2.30. The molecule has 0 bridgehead atoms. The molecular formula is C26H40N2O4. The average molecular weight is 445 g/mol. The molecule has 6 nitrogen and oxygen atoms in total. The van der Waals surface area contributed by atoms with Crippen LogP contribution in [-0.4, -0.2) is 35.1 Å². The van der Waals surface area contributed by atoms with Crippen LogP contribution < -0.4 is 5.32 Å². The van der Waals surface area contributed by atoms with Crippen molar-refractivity contribution in [2.75, 3.05) is 6.54 Å². The third-order valence-electron chi connectivity index (χ3n) is 6.47. The summed E-state index contributed by atoms with van der Waals surface area (Å²) in [5.74, 6) is -0.385. The summed E-state index contributed by atoms with van der Waals surface area (Å²) < 4.78 is 0. The summed E-state index contributed by atoms with van der Waals surface area (Å²) in [6, 6.07) is 0. The second kappa shape index (κ2) is 14.8. The molecule has 1 N–H and O–H groups in total. The van der Waals surface area contributed by atoms with Crippen LogP contribution in [0.1, 0.15) is 103 Å². The highest BCUT2D eigenvalue weighted by molar-refractivity contribution is 6.16. The Kier molecular flexibility index (Phi) is 12.0. The number of imide groups is 2. The molecule has 0 aromatic carbocycles. The molecule has 3 rings (SSSR count). The Morgan fingerprint density at radius 2 is 1.31 bits per heavy atom. The standard InChI is InChI=1S/C16H27NO2.C10H13NO2/c1-2-3-4-5-6-7-8-9-10-11-14-17-15(18)12-13-16(17)19;12-9-6-8(10(13)11-9)7-4-2-1-3-5-7/h12-13H,2-11,14H2,1H3;6-7H,1-5H2,(H,11,12,13). The smallest absolute Gasteiger partial charge is 0.254 e. The normalized spacial score (nSPS) is 18.7. The molecule has 0 radical (unpaired) electrons. The van der Waals surface area contributed by atoms with Gasteiger partial charge in [0.05, 0.1) is 0 Å². The number of hydrogen-bond donors (Lipinski definition) is 1. The van der Waals surface area contributed by atoms with Crippen molar-refractivity contribution in [2.24, 2.45) is 5.92 Å². The second-order valence-electron chi connectivity index (χ2n) is 9.10. The summed E-state index contributed by atoms with van der Waals surface area (Å²) in [6.45, 7) is 2.83. The first kappa shape index (κ1) is 26.0. The minimum absolute atomic E-state index is 0.152. The number of hydrogen-bond acceptors (Lipinski definition) is 4. The van der Waals surface area contributed by atoms with Gasteiger partial charge >= 0.3 is 0 Å². The van der Waals surface area contributed by atoms with Gasteiger partial charge < -0.3 is 0 Å². The van der Waals surface area contributed by atoms with E-state index in [2.05, 4.69) is 12.2 Å². The first-order valence-corrected chi connectivity index (χ1v) is 12.6. The van der Waals surface area contributed by atoms with Crippen LogP contribution in [0.5, 0.6) is 0 Å². The SMILES string of the molecule is CCCCCCCCCCCCN1C(=O)C=CC1=O.O=C1C=C(C2CCCCC2)C(=O)N1. The van der Waals surface area contributed by atoms with Crippen molar-refractivity contribution in [1.82, 2.24) is 10.2 Å². The summed E-state index contributed by atoms with van der Waals surface area (Å²) >= 11 is 0. The Labute approximate surface area is 192 Å². The van der Waals surface area contributed by atoms with Crippen LogP contribution in [0.2, 0.25) is 0 Å². The van der Waals surface area contributed by atoms with Gasteiger partial charge in [-0.1, -0.05) is 84.0 Å². The van der Waals surface area contributed by atoms with Crippen molar-refractivity contribution in [3.8, 4) is 0 Å². The van der Waals surface area contributed by atoms with Crippen LogP contribution in [0.25, 0.3) is 0 Å². The number of carbonyl (C=O) groups is 4. The molecule has 0 aromatic heterocycles. The lowest BCUT2D eigenvalue weighted by Gasteiger charge is -2.21. The zero-order chi connectivity index (χ0) is 23.2. The van der Waals surface area contributed by atoms with Crippen LogP contribution in [0.4, 0.5) is 0 Å². The quantitative estimate of drug-likeness (QED) is 0.340. The van der Waals surface area contributed by atoms with Gasteiger partial charge in [0.2, 0.25) is 0 Å². The number of rotatable bonds is 12. The maximum Gasteiger partial charge on any atom is 0.254 e. The highest BCUT2D eigenvalue weighted by Crippen LogP contribution is 2.30. The molecule has 0 spiro atoms. The van der Waals surface area contributed by atoms with E-state index in [9.17, 15) is 19.2 Å². The molecule has 0 unspecified atom stereocenters. The van der Waals surface area contributed by atoms with Crippen molar-refractivity contribution < 1.29 is 19.2 Å². The zero-order valence-electron chi connectivity index (χ0n) is 19.7. The van der Waals surface area contributed by atoms with Gasteiger partial charge in [0.15, 0.2) is 0 Å². The van der Waals surface area contributed by atoms with Crippen LogP contribution in [0.15, 0.2) is 23.8 Å². The molecule has 0 aromatic rings. The molecular weight excluding hydrogens is 404 g/mol. The van der Waals surface area contributed by atoms with E-state index in [4.69, 9.17) is 0 Å². The molecule has 1 fully saturated rings. The van der Waals surface area contributed by atoms with E-state index in [1.165, 1.54) is 93.8 Å². The Morgan fingerprint density at radius 3 is 1.81 bits per heavy atom. The highest BCUT2D eigenvalue weighted by Gasteiger charge is 2.28. The van der Waals surface area contributed by atoms with Gasteiger partial charge in [0, 0.05) is 30.3 Å². The Hall–Kier alpha value is -2.24. The number of nitrogens with zero attached hydrogens (tertiary/aromatic N) is 1. The van der Waals surface area contributed by atoms with E-state index in [0.717, 1.165) is 25.7 Å². The fraction of sp³-hybridized carbons (Fsp3) is 0.692. The number of carbonyl (C=O) groups excluding carboxylic acids is 4. The molecule has 2 heterocycles. The topological polar surface area (TPSA) is 83.6 Å². The van der Waals surface area contributed by atoms with Crippen molar-refractivity contribution in [3.63, 3.8) is 0 Å². The van der Waals surface area contributed by atoms with Gasteiger partial charge in [-0.05, 0) is 25.2 Å².